The lowest BCUT2D eigenvalue weighted by molar-refractivity contribution is -0.137. The molecule has 0 unspecified atom stereocenters. The summed E-state index contributed by atoms with van der Waals surface area (Å²) >= 11 is 0.882. The lowest BCUT2D eigenvalue weighted by Gasteiger charge is -2.09. The van der Waals surface area contributed by atoms with Gasteiger partial charge in [0.1, 0.15) is 5.52 Å². The molecule has 2 aromatic heterocycles. The Morgan fingerprint density at radius 2 is 2.19 bits per heavy atom. The van der Waals surface area contributed by atoms with Crippen molar-refractivity contribution in [2.75, 3.05) is 5.75 Å². The first-order valence-corrected chi connectivity index (χ1v) is 6.99. The minimum Gasteiger partial charge on any atom is -0.481 e. The number of thioether (sulfide) groups is 1. The topological polar surface area (TPSA) is 68.0 Å². The van der Waals surface area contributed by atoms with Gasteiger partial charge in [0.25, 0.3) is 0 Å². The summed E-state index contributed by atoms with van der Waals surface area (Å²) in [4.78, 5) is 18.9. The Labute approximate surface area is 122 Å². The van der Waals surface area contributed by atoms with Crippen LogP contribution < -0.4 is 0 Å². The van der Waals surface area contributed by atoms with Crippen molar-refractivity contribution in [2.45, 2.75) is 31.2 Å². The van der Waals surface area contributed by atoms with Gasteiger partial charge in [-0.1, -0.05) is 11.8 Å². The summed E-state index contributed by atoms with van der Waals surface area (Å²) in [5.74, 6) is -1.33. The number of pyridine rings is 1. The van der Waals surface area contributed by atoms with Gasteiger partial charge in [0.05, 0.1) is 12.2 Å². The summed E-state index contributed by atoms with van der Waals surface area (Å²) < 4.78 is 38.5. The molecule has 0 aromatic carbocycles. The number of alkyl halides is 3. The highest BCUT2D eigenvalue weighted by Crippen LogP contribution is 2.27. The summed E-state index contributed by atoms with van der Waals surface area (Å²) in [6.45, 7) is 1.46. The number of aliphatic carboxylic acids is 1. The van der Waals surface area contributed by atoms with Gasteiger partial charge in [0.15, 0.2) is 10.8 Å². The lowest BCUT2D eigenvalue weighted by Crippen LogP contribution is -2.13. The Hall–Kier alpha value is -1.77. The number of rotatable bonds is 5. The number of halogens is 3. The van der Waals surface area contributed by atoms with Crippen molar-refractivity contribution in [3.63, 3.8) is 0 Å². The molecule has 21 heavy (non-hydrogen) atoms. The van der Waals surface area contributed by atoms with E-state index in [1.165, 1.54) is 4.57 Å². The lowest BCUT2D eigenvalue weighted by atomic mass is 10.3. The van der Waals surface area contributed by atoms with Gasteiger partial charge >= 0.3 is 12.1 Å². The summed E-state index contributed by atoms with van der Waals surface area (Å²) in [5.41, 5.74) is 1.63. The maximum absolute atomic E-state index is 12.4. The zero-order chi connectivity index (χ0) is 15.6. The minimum atomic E-state index is -4.30. The van der Waals surface area contributed by atoms with Gasteiger partial charge < -0.3 is 9.67 Å². The van der Waals surface area contributed by atoms with Gasteiger partial charge in [-0.15, -0.1) is 0 Å². The molecule has 0 radical (unpaired) electrons. The first-order chi connectivity index (χ1) is 9.76. The van der Waals surface area contributed by atoms with E-state index in [0.717, 1.165) is 17.3 Å². The number of carboxylic acids is 1. The van der Waals surface area contributed by atoms with Gasteiger partial charge in [-0.3, -0.25) is 4.79 Å². The number of nitrogens with zero attached hydrogens (tertiary/aromatic N) is 3. The second kappa shape index (κ2) is 5.92. The van der Waals surface area contributed by atoms with Crippen LogP contribution in [0, 0.1) is 6.92 Å². The monoisotopic (exact) mass is 319 g/mol. The van der Waals surface area contributed by atoms with E-state index in [1.54, 1.807) is 19.2 Å². The predicted octanol–water partition coefficient (Wildman–Crippen LogP) is 2.87. The molecule has 0 fully saturated rings. The van der Waals surface area contributed by atoms with Crippen LogP contribution in [0.2, 0.25) is 0 Å². The number of hydrogen-bond donors (Lipinski definition) is 1. The number of aromatic nitrogens is 3. The molecule has 114 valence electrons. The van der Waals surface area contributed by atoms with Crippen molar-refractivity contribution in [1.29, 1.82) is 0 Å². The molecule has 0 atom stereocenters. The summed E-state index contributed by atoms with van der Waals surface area (Å²) in [6.07, 6.45) is -3.77. The fraction of sp³-hybridized carbons (Fsp3) is 0.417. The molecule has 9 heteroatoms. The number of aryl methyl sites for hydroxylation is 2. The van der Waals surface area contributed by atoms with Gasteiger partial charge in [0.2, 0.25) is 0 Å². The molecule has 1 N–H and O–H groups in total. The van der Waals surface area contributed by atoms with Crippen LogP contribution >= 0.6 is 11.8 Å². The number of hydrogen-bond acceptors (Lipinski definition) is 4. The third kappa shape index (κ3) is 4.10. The average Bonchev–Trinajstić information content (AvgIpc) is 2.69. The molecule has 0 aliphatic rings. The predicted molar refractivity (Wildman–Crippen MR) is 71.3 cm³/mol. The zero-order valence-corrected chi connectivity index (χ0v) is 11.8. The van der Waals surface area contributed by atoms with Crippen LogP contribution in [0.3, 0.4) is 0 Å². The Morgan fingerprint density at radius 1 is 1.48 bits per heavy atom. The molecule has 2 rings (SSSR count). The first kappa shape index (κ1) is 15.6. The Morgan fingerprint density at radius 3 is 2.81 bits per heavy atom. The van der Waals surface area contributed by atoms with Crippen LogP contribution in [0.5, 0.6) is 0 Å². The Bertz CT molecular complexity index is 670. The normalized spacial score (nSPS) is 12.0. The maximum atomic E-state index is 12.4. The fourth-order valence-electron chi connectivity index (χ4n) is 1.77. The van der Waals surface area contributed by atoms with Crippen LogP contribution in [-0.4, -0.2) is 37.5 Å². The van der Waals surface area contributed by atoms with E-state index in [1.807, 2.05) is 0 Å². The third-order valence-corrected chi connectivity index (χ3v) is 3.59. The highest BCUT2D eigenvalue weighted by molar-refractivity contribution is 7.99. The van der Waals surface area contributed by atoms with Crippen LogP contribution in [0.4, 0.5) is 13.2 Å². The third-order valence-electron chi connectivity index (χ3n) is 2.63. The van der Waals surface area contributed by atoms with E-state index in [2.05, 4.69) is 9.97 Å². The Kier molecular flexibility index (Phi) is 4.40. The smallest absolute Gasteiger partial charge is 0.390 e. The van der Waals surface area contributed by atoms with E-state index >= 15 is 0 Å². The maximum Gasteiger partial charge on any atom is 0.390 e. The van der Waals surface area contributed by atoms with Crippen molar-refractivity contribution in [1.82, 2.24) is 14.5 Å². The van der Waals surface area contributed by atoms with E-state index in [9.17, 15) is 18.0 Å². The average molecular weight is 319 g/mol. The summed E-state index contributed by atoms with van der Waals surface area (Å²) in [7, 11) is 0. The van der Waals surface area contributed by atoms with Crippen molar-refractivity contribution < 1.29 is 23.1 Å². The molecular formula is C12H12F3N3O2S. The fourth-order valence-corrected chi connectivity index (χ4v) is 2.52. The first-order valence-electron chi connectivity index (χ1n) is 6.00. The highest BCUT2D eigenvalue weighted by atomic mass is 32.2. The largest absolute Gasteiger partial charge is 0.481 e. The van der Waals surface area contributed by atoms with E-state index in [0.29, 0.717) is 11.2 Å². The SMILES string of the molecule is Cc1cnc2c(c1)nc(SCC(=O)O)n2CCC(F)(F)F. The molecular weight excluding hydrogens is 307 g/mol. The number of imidazole rings is 1. The molecule has 0 saturated carbocycles. The summed E-state index contributed by atoms with van der Waals surface area (Å²) in [6, 6.07) is 1.71. The van der Waals surface area contributed by atoms with Crippen molar-refractivity contribution >= 4 is 28.9 Å². The number of fused-ring (bicyclic) bond motifs is 1. The summed E-state index contributed by atoms with van der Waals surface area (Å²) in [5, 5.41) is 8.92. The highest BCUT2D eigenvalue weighted by Gasteiger charge is 2.28. The minimum absolute atomic E-state index is 0.231. The molecule has 0 aliphatic heterocycles. The molecule has 0 saturated heterocycles. The quantitative estimate of drug-likeness (QED) is 0.858. The Balaban J connectivity index is 2.36. The van der Waals surface area contributed by atoms with E-state index in [-0.39, 0.29) is 17.5 Å². The van der Waals surface area contributed by atoms with Crippen LogP contribution in [0.15, 0.2) is 17.4 Å². The molecule has 0 aliphatic carbocycles. The second-order valence-electron chi connectivity index (χ2n) is 4.45. The van der Waals surface area contributed by atoms with Gasteiger partial charge in [0, 0.05) is 12.7 Å². The standard InChI is InChI=1S/C12H12F3N3O2S/c1-7-4-8-10(16-5-7)18(3-2-12(13,14)15)11(17-8)21-6-9(19)20/h4-5H,2-3,6H2,1H3,(H,19,20). The molecule has 0 spiro atoms. The molecule has 0 amide bonds. The number of carboxylic acid groups (broad SMARTS) is 1. The molecule has 5 nitrogen and oxygen atoms in total. The van der Waals surface area contributed by atoms with Crippen molar-refractivity contribution in [3.8, 4) is 0 Å². The molecule has 2 aromatic rings. The second-order valence-corrected chi connectivity index (χ2v) is 5.39. The van der Waals surface area contributed by atoms with Gasteiger partial charge in [-0.2, -0.15) is 13.2 Å². The zero-order valence-electron chi connectivity index (χ0n) is 11.0. The van der Waals surface area contributed by atoms with Crippen LogP contribution in [-0.2, 0) is 11.3 Å². The van der Waals surface area contributed by atoms with Crippen molar-refractivity contribution in [2.24, 2.45) is 0 Å². The van der Waals surface area contributed by atoms with Crippen LogP contribution in [0.1, 0.15) is 12.0 Å². The number of carbonyl (C=O) groups is 1. The van der Waals surface area contributed by atoms with E-state index in [4.69, 9.17) is 5.11 Å². The van der Waals surface area contributed by atoms with Gasteiger partial charge in [-0.05, 0) is 18.6 Å². The van der Waals surface area contributed by atoms with Crippen molar-refractivity contribution in [3.05, 3.63) is 17.8 Å². The van der Waals surface area contributed by atoms with Gasteiger partial charge in [-0.25, -0.2) is 9.97 Å². The van der Waals surface area contributed by atoms with E-state index < -0.39 is 18.6 Å². The molecule has 0 bridgehead atoms. The van der Waals surface area contributed by atoms with Crippen LogP contribution in [0.25, 0.3) is 11.2 Å². The molecule has 2 heterocycles.